The maximum absolute atomic E-state index is 13.9. The lowest BCUT2D eigenvalue weighted by Gasteiger charge is -2.08. The molecule has 7 heteroatoms. The SMILES string of the molecule is CCOC(=O)Cc1ccc(/N=C2\SCC(=O)N2C)cc1F. The van der Waals surface area contributed by atoms with Crippen molar-refractivity contribution in [3.05, 3.63) is 29.6 Å². The minimum Gasteiger partial charge on any atom is -0.466 e. The van der Waals surface area contributed by atoms with Gasteiger partial charge in [-0.15, -0.1) is 0 Å². The van der Waals surface area contributed by atoms with Gasteiger partial charge in [-0.1, -0.05) is 17.8 Å². The lowest BCUT2D eigenvalue weighted by atomic mass is 10.1. The second-order valence-electron chi connectivity index (χ2n) is 4.39. The van der Waals surface area contributed by atoms with Crippen LogP contribution >= 0.6 is 11.8 Å². The fourth-order valence-electron chi connectivity index (χ4n) is 1.76. The zero-order valence-electron chi connectivity index (χ0n) is 11.8. The molecule has 1 aromatic rings. The van der Waals surface area contributed by atoms with Crippen molar-refractivity contribution >= 4 is 34.5 Å². The smallest absolute Gasteiger partial charge is 0.310 e. The van der Waals surface area contributed by atoms with Gasteiger partial charge >= 0.3 is 5.97 Å². The summed E-state index contributed by atoms with van der Waals surface area (Å²) < 4.78 is 18.7. The van der Waals surface area contributed by atoms with E-state index >= 15 is 0 Å². The standard InChI is InChI=1S/C14H15FN2O3S/c1-3-20-13(19)6-9-4-5-10(7-11(9)15)16-14-17(2)12(18)8-21-14/h4-5,7H,3,6,8H2,1-2H3/b16-14-. The van der Waals surface area contributed by atoms with E-state index in [-0.39, 0.29) is 24.5 Å². The molecule has 0 radical (unpaired) electrons. The first-order valence-electron chi connectivity index (χ1n) is 6.43. The number of esters is 1. The molecule has 0 N–H and O–H groups in total. The quantitative estimate of drug-likeness (QED) is 0.799. The van der Waals surface area contributed by atoms with Crippen molar-refractivity contribution in [2.75, 3.05) is 19.4 Å². The predicted octanol–water partition coefficient (Wildman–Crippen LogP) is 2.12. The molecule has 21 heavy (non-hydrogen) atoms. The van der Waals surface area contributed by atoms with Crippen LogP contribution < -0.4 is 0 Å². The zero-order valence-corrected chi connectivity index (χ0v) is 12.6. The number of halogens is 1. The zero-order chi connectivity index (χ0) is 15.4. The van der Waals surface area contributed by atoms with Crippen molar-refractivity contribution in [2.24, 2.45) is 4.99 Å². The van der Waals surface area contributed by atoms with Crippen LogP contribution in [0.4, 0.5) is 10.1 Å². The fraction of sp³-hybridized carbons (Fsp3) is 0.357. The number of amides is 1. The molecule has 0 aromatic heterocycles. The molecule has 1 aromatic carbocycles. The van der Waals surface area contributed by atoms with E-state index in [2.05, 4.69) is 4.99 Å². The van der Waals surface area contributed by atoms with Gasteiger partial charge < -0.3 is 4.74 Å². The number of hydrogen-bond donors (Lipinski definition) is 0. The number of hydrogen-bond acceptors (Lipinski definition) is 5. The van der Waals surface area contributed by atoms with Crippen molar-refractivity contribution in [2.45, 2.75) is 13.3 Å². The van der Waals surface area contributed by atoms with Crippen LogP contribution in [-0.2, 0) is 20.7 Å². The summed E-state index contributed by atoms with van der Waals surface area (Å²) >= 11 is 1.31. The van der Waals surface area contributed by atoms with Gasteiger partial charge in [-0.2, -0.15) is 0 Å². The first-order valence-corrected chi connectivity index (χ1v) is 7.42. The third-order valence-electron chi connectivity index (χ3n) is 2.89. The Morgan fingerprint density at radius 2 is 2.29 bits per heavy atom. The van der Waals surface area contributed by atoms with Gasteiger partial charge in [-0.25, -0.2) is 9.38 Å². The average molecular weight is 310 g/mol. The molecule has 0 unspecified atom stereocenters. The number of aliphatic imine (C=N–C) groups is 1. The number of ether oxygens (including phenoxy) is 1. The van der Waals surface area contributed by atoms with Crippen molar-refractivity contribution < 1.29 is 18.7 Å². The lowest BCUT2D eigenvalue weighted by molar-refractivity contribution is -0.142. The van der Waals surface area contributed by atoms with E-state index in [0.29, 0.717) is 16.6 Å². The Morgan fingerprint density at radius 3 is 2.86 bits per heavy atom. The molecule has 0 spiro atoms. The van der Waals surface area contributed by atoms with Gasteiger partial charge in [-0.3, -0.25) is 14.5 Å². The van der Waals surface area contributed by atoms with Gasteiger partial charge in [0, 0.05) is 7.05 Å². The fourth-order valence-corrected chi connectivity index (χ4v) is 2.67. The second-order valence-corrected chi connectivity index (χ2v) is 5.34. The number of rotatable bonds is 4. The van der Waals surface area contributed by atoms with Crippen molar-refractivity contribution in [1.29, 1.82) is 0 Å². The van der Waals surface area contributed by atoms with Crippen molar-refractivity contribution in [1.82, 2.24) is 4.90 Å². The molecule has 2 rings (SSSR count). The Morgan fingerprint density at radius 1 is 1.52 bits per heavy atom. The summed E-state index contributed by atoms with van der Waals surface area (Å²) in [4.78, 5) is 28.4. The van der Waals surface area contributed by atoms with Gasteiger partial charge in [0.05, 0.1) is 24.5 Å². The third-order valence-corrected chi connectivity index (χ3v) is 3.90. The van der Waals surface area contributed by atoms with E-state index in [1.54, 1.807) is 20.0 Å². The van der Waals surface area contributed by atoms with E-state index < -0.39 is 11.8 Å². The van der Waals surface area contributed by atoms with Crippen molar-refractivity contribution in [3.63, 3.8) is 0 Å². The van der Waals surface area contributed by atoms with Crippen LogP contribution in [-0.4, -0.2) is 41.4 Å². The summed E-state index contributed by atoms with van der Waals surface area (Å²) in [6, 6.07) is 4.37. The van der Waals surface area contributed by atoms with Crippen molar-refractivity contribution in [3.8, 4) is 0 Å². The Balaban J connectivity index is 2.14. The van der Waals surface area contributed by atoms with E-state index in [9.17, 15) is 14.0 Å². The van der Waals surface area contributed by atoms with E-state index in [1.165, 1.54) is 28.8 Å². The molecule has 0 atom stereocenters. The number of nitrogens with zero attached hydrogens (tertiary/aromatic N) is 2. The largest absolute Gasteiger partial charge is 0.466 e. The lowest BCUT2D eigenvalue weighted by Crippen LogP contribution is -2.24. The molecular formula is C14H15FN2O3S. The van der Waals surface area contributed by atoms with Crippen LogP contribution in [0, 0.1) is 5.82 Å². The van der Waals surface area contributed by atoms with E-state index in [1.807, 2.05) is 0 Å². The first-order chi connectivity index (χ1) is 10.0. The van der Waals surface area contributed by atoms with Crippen LogP contribution in [0.5, 0.6) is 0 Å². The maximum Gasteiger partial charge on any atom is 0.310 e. The van der Waals surface area contributed by atoms with Crippen LogP contribution in [0.25, 0.3) is 0 Å². The number of carbonyl (C=O) groups excluding carboxylic acids is 2. The van der Waals surface area contributed by atoms with E-state index in [0.717, 1.165) is 0 Å². The Bertz CT molecular complexity index is 604. The molecule has 112 valence electrons. The molecule has 0 saturated carbocycles. The van der Waals surface area contributed by atoms with Crippen LogP contribution in [0.1, 0.15) is 12.5 Å². The topological polar surface area (TPSA) is 59.0 Å². The summed E-state index contributed by atoms with van der Waals surface area (Å²) in [7, 11) is 1.63. The normalized spacial score (nSPS) is 16.6. The maximum atomic E-state index is 13.9. The number of amidine groups is 1. The first kappa shape index (κ1) is 15.5. The highest BCUT2D eigenvalue weighted by molar-refractivity contribution is 8.15. The molecule has 1 fully saturated rings. The van der Waals surface area contributed by atoms with E-state index in [4.69, 9.17) is 4.74 Å². The van der Waals surface area contributed by atoms with Gasteiger partial charge in [-0.05, 0) is 24.6 Å². The molecule has 0 aliphatic carbocycles. The molecule has 1 aliphatic heterocycles. The Labute approximate surface area is 126 Å². The number of carbonyl (C=O) groups is 2. The summed E-state index contributed by atoms with van der Waals surface area (Å²) in [6.45, 7) is 1.97. The highest BCUT2D eigenvalue weighted by Crippen LogP contribution is 2.24. The Hall–Kier alpha value is -1.89. The molecule has 5 nitrogen and oxygen atoms in total. The van der Waals surface area contributed by atoms with Gasteiger partial charge in [0.15, 0.2) is 5.17 Å². The molecule has 0 bridgehead atoms. The average Bonchev–Trinajstić information content (AvgIpc) is 2.74. The van der Waals surface area contributed by atoms with Gasteiger partial charge in [0.1, 0.15) is 5.82 Å². The molecule has 1 aliphatic rings. The third kappa shape index (κ3) is 3.81. The summed E-state index contributed by atoms with van der Waals surface area (Å²) in [5.41, 5.74) is 0.671. The van der Waals surface area contributed by atoms with Crippen LogP contribution in [0.2, 0.25) is 0 Å². The summed E-state index contributed by atoms with van der Waals surface area (Å²) in [6.07, 6.45) is -0.107. The minimum absolute atomic E-state index is 0.0295. The molecule has 1 saturated heterocycles. The highest BCUT2D eigenvalue weighted by atomic mass is 32.2. The van der Waals surface area contributed by atoms with Crippen LogP contribution in [0.15, 0.2) is 23.2 Å². The van der Waals surface area contributed by atoms with Gasteiger partial charge in [0.2, 0.25) is 5.91 Å². The molecule has 1 amide bonds. The molecule has 1 heterocycles. The second kappa shape index (κ2) is 6.71. The molecular weight excluding hydrogens is 295 g/mol. The summed E-state index contributed by atoms with van der Waals surface area (Å²) in [5.74, 6) is -0.661. The predicted molar refractivity (Wildman–Crippen MR) is 79.1 cm³/mol. The summed E-state index contributed by atoms with van der Waals surface area (Å²) in [5, 5.41) is 0.539. The number of thioether (sulfide) groups is 1. The van der Waals surface area contributed by atoms with Gasteiger partial charge in [0.25, 0.3) is 0 Å². The van der Waals surface area contributed by atoms with Crippen LogP contribution in [0.3, 0.4) is 0 Å². The minimum atomic E-state index is -0.512. The monoisotopic (exact) mass is 310 g/mol. The Kier molecular flexibility index (Phi) is 4.95. The highest BCUT2D eigenvalue weighted by Gasteiger charge is 2.24. The number of benzene rings is 1.